The molecule has 0 unspecified atom stereocenters. The van der Waals surface area contributed by atoms with Gasteiger partial charge in [-0.05, 0) is 18.2 Å². The molecule has 0 aliphatic carbocycles. The third-order valence-corrected chi connectivity index (χ3v) is 6.05. The average Bonchev–Trinajstić information content (AvgIpc) is 3.12. The molecule has 2 aliphatic rings. The van der Waals surface area contributed by atoms with Crippen LogP contribution in [0.4, 0.5) is 0 Å². The van der Waals surface area contributed by atoms with Gasteiger partial charge in [-0.3, -0.25) is 14.5 Å². The number of carbonyl (C=O) groups is 1. The summed E-state index contributed by atoms with van der Waals surface area (Å²) in [6, 6.07) is 3.41. The molecule has 4 rings (SSSR count). The van der Waals surface area contributed by atoms with Crippen LogP contribution in [0.15, 0.2) is 21.5 Å². The Morgan fingerprint density at radius 3 is 2.78 bits per heavy atom. The fourth-order valence-electron chi connectivity index (χ4n) is 3.45. The highest BCUT2D eigenvalue weighted by Crippen LogP contribution is 2.21. The van der Waals surface area contributed by atoms with Gasteiger partial charge in [-0.2, -0.15) is 16.9 Å². The number of aromatic nitrogens is 3. The maximum atomic E-state index is 12.4. The maximum absolute atomic E-state index is 12.4. The van der Waals surface area contributed by atoms with Crippen molar-refractivity contribution in [3.63, 3.8) is 0 Å². The number of aryl methyl sites for hydroxylation is 2. The Morgan fingerprint density at radius 2 is 2.04 bits per heavy atom. The largest absolute Gasteiger partial charge is 0.361 e. The zero-order valence-electron chi connectivity index (χ0n) is 15.4. The summed E-state index contributed by atoms with van der Waals surface area (Å²) in [5.74, 6) is 2.51. The van der Waals surface area contributed by atoms with Crippen molar-refractivity contribution in [1.29, 1.82) is 0 Å². The molecule has 8 nitrogen and oxygen atoms in total. The first kappa shape index (κ1) is 18.2. The topological polar surface area (TPSA) is 84.5 Å². The molecule has 9 heteroatoms. The lowest BCUT2D eigenvalue weighted by Gasteiger charge is -2.34. The van der Waals surface area contributed by atoms with Gasteiger partial charge in [0.2, 0.25) is 0 Å². The molecule has 0 spiro atoms. The molecule has 1 fully saturated rings. The summed E-state index contributed by atoms with van der Waals surface area (Å²) in [5, 5.41) is 8.37. The third-order valence-electron chi connectivity index (χ3n) is 5.04. The second kappa shape index (κ2) is 7.85. The molecule has 0 atom stereocenters. The van der Waals surface area contributed by atoms with Crippen LogP contribution in [0.25, 0.3) is 0 Å². The van der Waals surface area contributed by atoms with Crippen molar-refractivity contribution in [3.8, 4) is 0 Å². The normalized spacial score (nSPS) is 17.7. The number of amides is 1. The molecule has 1 saturated heterocycles. The summed E-state index contributed by atoms with van der Waals surface area (Å²) < 4.78 is 6.58. The number of hydrogen-bond acceptors (Lipinski definition) is 7. The van der Waals surface area contributed by atoms with Gasteiger partial charge < -0.3 is 9.42 Å². The summed E-state index contributed by atoms with van der Waals surface area (Å²) in [6.07, 6.45) is 0.933. The summed E-state index contributed by atoms with van der Waals surface area (Å²) in [4.78, 5) is 28.7. The maximum Gasteiger partial charge on any atom is 0.276 e. The lowest BCUT2D eigenvalue weighted by molar-refractivity contribution is 0.0621. The molecule has 2 aliphatic heterocycles. The monoisotopic (exact) mass is 389 g/mol. The molecule has 0 N–H and O–H groups in total. The fraction of sp³-hybridized carbons (Fsp3) is 0.556. The summed E-state index contributed by atoms with van der Waals surface area (Å²) >= 11 is 1.85. The van der Waals surface area contributed by atoms with E-state index in [1.165, 1.54) is 0 Å². The van der Waals surface area contributed by atoms with Gasteiger partial charge in [-0.15, -0.1) is 0 Å². The van der Waals surface area contributed by atoms with Crippen LogP contribution in [0.1, 0.15) is 27.5 Å². The number of rotatable bonds is 4. The van der Waals surface area contributed by atoms with Crippen molar-refractivity contribution < 1.29 is 9.32 Å². The molecule has 4 heterocycles. The first-order valence-electron chi connectivity index (χ1n) is 9.23. The average molecular weight is 389 g/mol. The van der Waals surface area contributed by atoms with Gasteiger partial charge in [0.1, 0.15) is 5.76 Å². The molecular weight excluding hydrogens is 366 g/mol. The van der Waals surface area contributed by atoms with Gasteiger partial charge in [0, 0.05) is 57.0 Å². The molecular formula is C18H23N5O3S. The van der Waals surface area contributed by atoms with Crippen molar-refractivity contribution in [2.24, 2.45) is 0 Å². The van der Waals surface area contributed by atoms with E-state index in [9.17, 15) is 9.59 Å². The van der Waals surface area contributed by atoms with Gasteiger partial charge in [0.05, 0.1) is 12.2 Å². The molecule has 144 valence electrons. The van der Waals surface area contributed by atoms with Crippen LogP contribution in [0.3, 0.4) is 0 Å². The highest BCUT2D eigenvalue weighted by molar-refractivity contribution is 7.98. The van der Waals surface area contributed by atoms with E-state index >= 15 is 0 Å². The minimum absolute atomic E-state index is 0.0218. The highest BCUT2D eigenvalue weighted by atomic mass is 32.2. The van der Waals surface area contributed by atoms with Crippen LogP contribution in [-0.2, 0) is 18.7 Å². The van der Waals surface area contributed by atoms with Gasteiger partial charge in [0.15, 0.2) is 5.69 Å². The van der Waals surface area contributed by atoms with E-state index in [2.05, 4.69) is 15.2 Å². The minimum Gasteiger partial charge on any atom is -0.361 e. The quantitative estimate of drug-likeness (QED) is 0.764. The summed E-state index contributed by atoms with van der Waals surface area (Å²) in [5.41, 5.74) is 2.49. The Morgan fingerprint density at radius 1 is 1.22 bits per heavy atom. The second-order valence-corrected chi connectivity index (χ2v) is 8.04. The SMILES string of the molecule is Cc1cc(C(=O)N2CCN(CCn3nc4c(cc3=O)CSCC4)CC2)no1. The van der Waals surface area contributed by atoms with Gasteiger partial charge in [0.25, 0.3) is 11.5 Å². The zero-order chi connectivity index (χ0) is 18.8. The van der Waals surface area contributed by atoms with Crippen molar-refractivity contribution in [1.82, 2.24) is 24.7 Å². The predicted octanol–water partition coefficient (Wildman–Crippen LogP) is 0.787. The highest BCUT2D eigenvalue weighted by Gasteiger charge is 2.24. The Hall–Kier alpha value is -2.13. The first-order valence-corrected chi connectivity index (χ1v) is 10.4. The van der Waals surface area contributed by atoms with Crippen LogP contribution >= 0.6 is 11.8 Å². The van der Waals surface area contributed by atoms with Crippen LogP contribution in [0.5, 0.6) is 0 Å². The molecule has 0 aromatic carbocycles. The van der Waals surface area contributed by atoms with Crippen LogP contribution < -0.4 is 5.56 Å². The summed E-state index contributed by atoms with van der Waals surface area (Å²) in [6.45, 7) is 5.96. The first-order chi connectivity index (χ1) is 13.1. The van der Waals surface area contributed by atoms with Crippen molar-refractivity contribution >= 4 is 17.7 Å². The standard InChI is InChI=1S/C18H23N5O3S/c1-13-10-16(20-26-13)18(25)22-6-3-21(4-7-22)5-8-23-17(24)11-14-12-27-9-2-15(14)19-23/h10-11H,2-9,12H2,1H3. The number of carbonyl (C=O) groups excluding carboxylic acids is 1. The number of piperazine rings is 1. The molecule has 2 aromatic rings. The van der Waals surface area contributed by atoms with E-state index in [-0.39, 0.29) is 11.5 Å². The number of nitrogens with zero attached hydrogens (tertiary/aromatic N) is 5. The van der Waals surface area contributed by atoms with Gasteiger partial charge >= 0.3 is 0 Å². The van der Waals surface area contributed by atoms with Crippen molar-refractivity contribution in [3.05, 3.63) is 45.2 Å². The van der Waals surface area contributed by atoms with Gasteiger partial charge in [-0.1, -0.05) is 5.16 Å². The van der Waals surface area contributed by atoms with E-state index in [0.29, 0.717) is 31.1 Å². The molecule has 2 aromatic heterocycles. The van der Waals surface area contributed by atoms with E-state index in [1.54, 1.807) is 28.6 Å². The van der Waals surface area contributed by atoms with Crippen LogP contribution in [0.2, 0.25) is 0 Å². The molecule has 0 saturated carbocycles. The molecule has 27 heavy (non-hydrogen) atoms. The molecule has 1 amide bonds. The van der Waals surface area contributed by atoms with Crippen molar-refractivity contribution in [2.75, 3.05) is 38.5 Å². The lowest BCUT2D eigenvalue weighted by Crippen LogP contribution is -2.49. The van der Waals surface area contributed by atoms with E-state index in [4.69, 9.17) is 4.52 Å². The number of thioether (sulfide) groups is 1. The van der Waals surface area contributed by atoms with Gasteiger partial charge in [-0.25, -0.2) is 4.68 Å². The number of hydrogen-bond donors (Lipinski definition) is 0. The second-order valence-electron chi connectivity index (χ2n) is 6.94. The van der Waals surface area contributed by atoms with Crippen LogP contribution in [-0.4, -0.2) is 69.1 Å². The Balaban J connectivity index is 1.31. The van der Waals surface area contributed by atoms with E-state index in [0.717, 1.165) is 48.8 Å². The van der Waals surface area contributed by atoms with E-state index in [1.807, 2.05) is 11.8 Å². The smallest absolute Gasteiger partial charge is 0.276 e. The predicted molar refractivity (Wildman–Crippen MR) is 102 cm³/mol. The number of fused-ring (bicyclic) bond motifs is 1. The minimum atomic E-state index is -0.0862. The van der Waals surface area contributed by atoms with Crippen LogP contribution in [0, 0.1) is 6.92 Å². The molecule has 0 radical (unpaired) electrons. The molecule has 0 bridgehead atoms. The Labute approximate surface area is 161 Å². The fourth-order valence-corrected chi connectivity index (χ4v) is 4.40. The zero-order valence-corrected chi connectivity index (χ0v) is 16.2. The lowest BCUT2D eigenvalue weighted by atomic mass is 10.2. The Bertz CT molecular complexity index is 885. The van der Waals surface area contributed by atoms with Crippen molar-refractivity contribution in [2.45, 2.75) is 25.6 Å². The summed E-state index contributed by atoms with van der Waals surface area (Å²) in [7, 11) is 0. The van der Waals surface area contributed by atoms with E-state index < -0.39 is 0 Å². The Kier molecular flexibility index (Phi) is 5.31. The third kappa shape index (κ3) is 4.08.